The molecule has 29 heavy (non-hydrogen) atoms. The molecule has 1 aliphatic rings. The number of aryl methyl sites for hydroxylation is 1. The van der Waals surface area contributed by atoms with Crippen molar-refractivity contribution in [2.75, 3.05) is 23.3 Å². The normalized spacial score (nSPS) is 13.9. The van der Waals surface area contributed by atoms with E-state index in [4.69, 9.17) is 0 Å². The highest BCUT2D eigenvalue weighted by atomic mass is 16.2. The second kappa shape index (κ2) is 8.77. The van der Waals surface area contributed by atoms with E-state index in [0.717, 1.165) is 35.9 Å². The first-order valence-electron chi connectivity index (χ1n) is 10.1. The molecule has 4 rings (SSSR count). The maximum Gasteiger partial charge on any atom is 0.319 e. The van der Waals surface area contributed by atoms with Crippen molar-refractivity contribution in [1.29, 1.82) is 0 Å². The third-order valence-corrected chi connectivity index (χ3v) is 5.06. The zero-order valence-electron chi connectivity index (χ0n) is 16.6. The van der Waals surface area contributed by atoms with E-state index >= 15 is 0 Å². The zero-order chi connectivity index (χ0) is 20.1. The Labute approximate surface area is 170 Å². The Morgan fingerprint density at radius 3 is 2.72 bits per heavy atom. The molecule has 0 spiro atoms. The minimum atomic E-state index is -0.252. The molecule has 2 aromatic heterocycles. The van der Waals surface area contributed by atoms with Crippen LogP contribution in [0.15, 0.2) is 54.9 Å². The maximum atomic E-state index is 12.5. The lowest BCUT2D eigenvalue weighted by Crippen LogP contribution is -2.31. The fraction of sp³-hybridized carbons (Fsp3) is 0.318. The Morgan fingerprint density at radius 2 is 1.93 bits per heavy atom. The van der Waals surface area contributed by atoms with Gasteiger partial charge >= 0.3 is 6.03 Å². The van der Waals surface area contributed by atoms with E-state index in [2.05, 4.69) is 31.7 Å². The van der Waals surface area contributed by atoms with Crippen molar-refractivity contribution >= 4 is 17.5 Å². The van der Waals surface area contributed by atoms with Gasteiger partial charge in [-0.25, -0.2) is 14.5 Å². The average Bonchev–Trinajstić information content (AvgIpc) is 3.20. The quantitative estimate of drug-likeness (QED) is 0.693. The van der Waals surface area contributed by atoms with Crippen molar-refractivity contribution < 1.29 is 4.79 Å². The standard InChI is InChI=1S/C22H26N6O/c1-17-10-14-28(26-17)20-8-4-3-7-19(20)25-22(29)24-16-18-9-11-23-21(15-18)27-12-5-2-6-13-27/h3-4,7-11,14-15H,2,5-6,12-13,16H2,1H3,(H2,24,25,29). The molecular formula is C22H26N6O. The number of urea groups is 1. The molecule has 1 aliphatic heterocycles. The van der Waals surface area contributed by atoms with Crippen molar-refractivity contribution in [2.24, 2.45) is 0 Å². The van der Waals surface area contributed by atoms with Crippen LogP contribution >= 0.6 is 0 Å². The van der Waals surface area contributed by atoms with E-state index in [-0.39, 0.29) is 6.03 Å². The van der Waals surface area contributed by atoms with Crippen LogP contribution in [0.25, 0.3) is 5.69 Å². The summed E-state index contributed by atoms with van der Waals surface area (Å²) in [6, 6.07) is 13.3. The van der Waals surface area contributed by atoms with Crippen LogP contribution in [0, 0.1) is 6.92 Å². The molecule has 2 N–H and O–H groups in total. The van der Waals surface area contributed by atoms with Crippen LogP contribution in [0.3, 0.4) is 0 Å². The smallest absolute Gasteiger partial charge is 0.319 e. The van der Waals surface area contributed by atoms with E-state index in [1.54, 1.807) is 4.68 Å². The Hall–Kier alpha value is -3.35. The van der Waals surface area contributed by atoms with Gasteiger partial charge in [0.05, 0.1) is 17.1 Å². The van der Waals surface area contributed by atoms with Crippen LogP contribution in [0.2, 0.25) is 0 Å². The number of hydrogen-bond acceptors (Lipinski definition) is 4. The first-order chi connectivity index (χ1) is 14.2. The highest BCUT2D eigenvalue weighted by Crippen LogP contribution is 2.20. The summed E-state index contributed by atoms with van der Waals surface area (Å²) >= 11 is 0. The van der Waals surface area contributed by atoms with Crippen LogP contribution in [0.5, 0.6) is 0 Å². The Balaban J connectivity index is 1.39. The van der Waals surface area contributed by atoms with Crippen molar-refractivity contribution in [3.8, 4) is 5.69 Å². The Bertz CT molecular complexity index is 977. The molecule has 2 amide bonds. The van der Waals surface area contributed by atoms with Crippen LogP contribution in [0.4, 0.5) is 16.3 Å². The molecule has 3 aromatic rings. The van der Waals surface area contributed by atoms with Crippen molar-refractivity contribution in [2.45, 2.75) is 32.7 Å². The van der Waals surface area contributed by atoms with Gasteiger partial charge in [0.2, 0.25) is 0 Å². The van der Waals surface area contributed by atoms with Gasteiger partial charge in [-0.15, -0.1) is 0 Å². The number of nitrogens with zero attached hydrogens (tertiary/aromatic N) is 4. The number of amides is 2. The SMILES string of the molecule is Cc1ccn(-c2ccccc2NC(=O)NCc2ccnc(N3CCCCC3)c2)n1. The number of benzene rings is 1. The lowest BCUT2D eigenvalue weighted by Gasteiger charge is -2.27. The lowest BCUT2D eigenvalue weighted by atomic mass is 10.1. The van der Waals surface area contributed by atoms with Gasteiger partial charge in [-0.3, -0.25) is 0 Å². The maximum absolute atomic E-state index is 12.5. The summed E-state index contributed by atoms with van der Waals surface area (Å²) in [5.41, 5.74) is 3.49. The summed E-state index contributed by atoms with van der Waals surface area (Å²) in [5, 5.41) is 10.3. The molecule has 1 saturated heterocycles. The number of piperidine rings is 1. The minimum Gasteiger partial charge on any atom is -0.357 e. The van der Waals surface area contributed by atoms with Crippen molar-refractivity contribution in [3.05, 3.63) is 66.1 Å². The molecule has 1 aromatic carbocycles. The first-order valence-corrected chi connectivity index (χ1v) is 10.1. The number of aromatic nitrogens is 3. The number of pyridine rings is 1. The molecule has 0 bridgehead atoms. The van der Waals surface area contributed by atoms with E-state index < -0.39 is 0 Å². The third kappa shape index (κ3) is 4.74. The molecule has 1 fully saturated rings. The monoisotopic (exact) mass is 390 g/mol. The summed E-state index contributed by atoms with van der Waals surface area (Å²) in [5.74, 6) is 0.990. The van der Waals surface area contributed by atoms with Gasteiger partial charge in [0.1, 0.15) is 5.82 Å². The van der Waals surface area contributed by atoms with Gasteiger partial charge in [-0.05, 0) is 62.1 Å². The minimum absolute atomic E-state index is 0.252. The Kier molecular flexibility index (Phi) is 5.74. The van der Waals surface area contributed by atoms with Crippen LogP contribution < -0.4 is 15.5 Å². The topological polar surface area (TPSA) is 75.1 Å². The van der Waals surface area contributed by atoms with Crippen molar-refractivity contribution in [1.82, 2.24) is 20.1 Å². The number of carbonyl (C=O) groups is 1. The van der Waals surface area contributed by atoms with Gasteiger partial charge in [0, 0.05) is 32.0 Å². The predicted molar refractivity (Wildman–Crippen MR) is 114 cm³/mol. The molecule has 7 heteroatoms. The zero-order valence-corrected chi connectivity index (χ0v) is 16.6. The van der Waals surface area contributed by atoms with Crippen molar-refractivity contribution in [3.63, 3.8) is 0 Å². The number of carbonyl (C=O) groups excluding carboxylic acids is 1. The van der Waals surface area contributed by atoms with E-state index in [1.165, 1.54) is 19.3 Å². The number of para-hydroxylation sites is 2. The third-order valence-electron chi connectivity index (χ3n) is 5.06. The Morgan fingerprint density at radius 1 is 1.10 bits per heavy atom. The highest BCUT2D eigenvalue weighted by molar-refractivity contribution is 5.91. The van der Waals surface area contributed by atoms with Crippen LogP contribution in [0.1, 0.15) is 30.5 Å². The van der Waals surface area contributed by atoms with E-state index in [9.17, 15) is 4.79 Å². The second-order valence-electron chi connectivity index (χ2n) is 7.30. The molecule has 0 radical (unpaired) electrons. The second-order valence-corrected chi connectivity index (χ2v) is 7.30. The van der Waals surface area contributed by atoms with Gasteiger partial charge in [0.15, 0.2) is 0 Å². The van der Waals surface area contributed by atoms with Gasteiger partial charge in [-0.1, -0.05) is 12.1 Å². The van der Waals surface area contributed by atoms with Gasteiger partial charge in [0.25, 0.3) is 0 Å². The van der Waals surface area contributed by atoms with E-state index in [1.807, 2.05) is 55.7 Å². The summed E-state index contributed by atoms with van der Waals surface area (Å²) in [6.45, 7) is 4.48. The number of nitrogens with one attached hydrogen (secondary N) is 2. The summed E-state index contributed by atoms with van der Waals surface area (Å²) in [6.07, 6.45) is 7.40. The van der Waals surface area contributed by atoms with Gasteiger partial charge in [-0.2, -0.15) is 5.10 Å². The molecule has 3 heterocycles. The fourth-order valence-corrected chi connectivity index (χ4v) is 3.54. The molecule has 7 nitrogen and oxygen atoms in total. The molecule has 0 unspecified atom stereocenters. The number of hydrogen-bond donors (Lipinski definition) is 2. The summed E-state index contributed by atoms with van der Waals surface area (Å²) in [7, 11) is 0. The van der Waals surface area contributed by atoms with Crippen LogP contribution in [-0.4, -0.2) is 33.9 Å². The predicted octanol–water partition coefficient (Wildman–Crippen LogP) is 3.89. The molecule has 150 valence electrons. The largest absolute Gasteiger partial charge is 0.357 e. The molecule has 0 atom stereocenters. The number of anilines is 2. The lowest BCUT2D eigenvalue weighted by molar-refractivity contribution is 0.251. The number of rotatable bonds is 5. The summed E-state index contributed by atoms with van der Waals surface area (Å²) < 4.78 is 1.76. The fourth-order valence-electron chi connectivity index (χ4n) is 3.54. The van der Waals surface area contributed by atoms with Gasteiger partial charge < -0.3 is 15.5 Å². The molecule has 0 aliphatic carbocycles. The summed E-state index contributed by atoms with van der Waals surface area (Å²) in [4.78, 5) is 19.3. The molecule has 0 saturated carbocycles. The highest BCUT2D eigenvalue weighted by Gasteiger charge is 2.13. The van der Waals surface area contributed by atoms with Crippen LogP contribution in [-0.2, 0) is 6.54 Å². The van der Waals surface area contributed by atoms with E-state index in [0.29, 0.717) is 12.2 Å². The molecular weight excluding hydrogens is 364 g/mol. The first kappa shape index (κ1) is 19.0. The average molecular weight is 390 g/mol.